The zero-order valence-electron chi connectivity index (χ0n) is 25.0. The molecule has 0 aliphatic heterocycles. The highest BCUT2D eigenvalue weighted by atomic mass is 16.6. The molecule has 0 heterocycles. The molecule has 39 heavy (non-hydrogen) atoms. The van der Waals surface area contributed by atoms with Crippen molar-refractivity contribution in [1.82, 2.24) is 10.2 Å². The van der Waals surface area contributed by atoms with Crippen molar-refractivity contribution < 1.29 is 19.1 Å². The molecule has 0 aliphatic rings. The SMILES string of the molecule is CCCCCCCN(C(=O)C(C)NC(=O)OC(C)(C)C)C(C(=O)Nc1c(C)cccc1C)c1ccc(C)cc1. The summed E-state index contributed by atoms with van der Waals surface area (Å²) in [5.41, 5.74) is 3.73. The number of rotatable bonds is 12. The van der Waals surface area contributed by atoms with Crippen LogP contribution < -0.4 is 10.6 Å². The number of anilines is 1. The maximum absolute atomic E-state index is 14.0. The molecule has 0 fully saturated rings. The Kier molecular flexibility index (Phi) is 12.0. The van der Waals surface area contributed by atoms with E-state index >= 15 is 0 Å². The largest absolute Gasteiger partial charge is 0.444 e. The Labute approximate surface area is 234 Å². The lowest BCUT2D eigenvalue weighted by atomic mass is 10.00. The zero-order chi connectivity index (χ0) is 29.2. The van der Waals surface area contributed by atoms with Crippen molar-refractivity contribution in [3.63, 3.8) is 0 Å². The molecule has 2 rings (SSSR count). The maximum Gasteiger partial charge on any atom is 0.408 e. The standard InChI is InChI=1S/C32H47N3O4/c1-9-10-11-12-13-21-35(30(37)25(5)33-31(38)39-32(6,7)8)28(26-19-17-22(2)18-20-26)29(36)34-27-23(3)15-14-16-24(27)4/h14-20,25,28H,9-13,21H2,1-8H3,(H,33,38)(H,34,36). The van der Waals surface area contributed by atoms with Crippen LogP contribution in [0.4, 0.5) is 10.5 Å². The van der Waals surface area contributed by atoms with Crippen molar-refractivity contribution in [3.8, 4) is 0 Å². The minimum absolute atomic E-state index is 0.289. The van der Waals surface area contributed by atoms with Crippen molar-refractivity contribution in [3.05, 3.63) is 64.7 Å². The van der Waals surface area contributed by atoms with Gasteiger partial charge in [0.1, 0.15) is 17.7 Å². The fourth-order valence-electron chi connectivity index (χ4n) is 4.47. The molecule has 0 aromatic heterocycles. The first-order chi connectivity index (χ1) is 18.3. The second kappa shape index (κ2) is 14.7. The second-order valence-electron chi connectivity index (χ2n) is 11.4. The van der Waals surface area contributed by atoms with Crippen LogP contribution in [-0.4, -0.2) is 41.0 Å². The molecule has 0 saturated heterocycles. The number of carbonyl (C=O) groups is 3. The number of nitrogens with zero attached hydrogens (tertiary/aromatic N) is 1. The number of para-hydroxylation sites is 1. The van der Waals surface area contributed by atoms with E-state index in [1.807, 2.05) is 63.2 Å². The van der Waals surface area contributed by atoms with Gasteiger partial charge in [-0.3, -0.25) is 9.59 Å². The highest BCUT2D eigenvalue weighted by Crippen LogP contribution is 2.28. The summed E-state index contributed by atoms with van der Waals surface area (Å²) in [5.74, 6) is -0.624. The fraction of sp³-hybridized carbons (Fsp3) is 0.531. The number of nitrogens with one attached hydrogen (secondary N) is 2. The average molecular weight is 538 g/mol. The quantitative estimate of drug-likeness (QED) is 0.285. The summed E-state index contributed by atoms with van der Waals surface area (Å²) in [7, 11) is 0. The van der Waals surface area contributed by atoms with Crippen LogP contribution in [0.15, 0.2) is 42.5 Å². The van der Waals surface area contributed by atoms with E-state index in [0.717, 1.165) is 60.0 Å². The average Bonchev–Trinajstić information content (AvgIpc) is 2.84. The van der Waals surface area contributed by atoms with Crippen LogP contribution in [0.3, 0.4) is 0 Å². The summed E-state index contributed by atoms with van der Waals surface area (Å²) in [5, 5.41) is 5.77. The van der Waals surface area contributed by atoms with Gasteiger partial charge in [0.2, 0.25) is 5.91 Å². The lowest BCUT2D eigenvalue weighted by Crippen LogP contribution is -2.51. The van der Waals surface area contributed by atoms with Crippen molar-refractivity contribution >= 4 is 23.6 Å². The van der Waals surface area contributed by atoms with Crippen LogP contribution in [0.1, 0.15) is 95.0 Å². The number of hydrogen-bond acceptors (Lipinski definition) is 4. The molecule has 0 bridgehead atoms. The number of ether oxygens (including phenoxy) is 1. The molecule has 2 unspecified atom stereocenters. The van der Waals surface area contributed by atoms with Crippen molar-refractivity contribution in [2.24, 2.45) is 0 Å². The van der Waals surface area contributed by atoms with E-state index in [0.29, 0.717) is 6.54 Å². The highest BCUT2D eigenvalue weighted by Gasteiger charge is 2.34. The van der Waals surface area contributed by atoms with E-state index in [1.165, 1.54) is 0 Å². The van der Waals surface area contributed by atoms with E-state index in [2.05, 4.69) is 17.6 Å². The monoisotopic (exact) mass is 537 g/mol. The number of hydrogen-bond donors (Lipinski definition) is 2. The first-order valence-electron chi connectivity index (χ1n) is 14.1. The van der Waals surface area contributed by atoms with Crippen LogP contribution in [0.5, 0.6) is 0 Å². The normalized spacial score (nSPS) is 12.8. The van der Waals surface area contributed by atoms with Crippen LogP contribution in [-0.2, 0) is 14.3 Å². The third-order valence-electron chi connectivity index (χ3n) is 6.57. The number of aryl methyl sites for hydroxylation is 3. The number of amides is 3. The topological polar surface area (TPSA) is 87.7 Å². The smallest absolute Gasteiger partial charge is 0.408 e. The van der Waals surface area contributed by atoms with Gasteiger partial charge in [-0.2, -0.15) is 0 Å². The summed E-state index contributed by atoms with van der Waals surface area (Å²) in [6.07, 6.45) is 4.34. The Bertz CT molecular complexity index is 1090. The van der Waals surface area contributed by atoms with Gasteiger partial charge in [-0.05, 0) is 71.6 Å². The summed E-state index contributed by atoms with van der Waals surface area (Å²) < 4.78 is 5.37. The highest BCUT2D eigenvalue weighted by molar-refractivity contribution is 5.99. The van der Waals surface area contributed by atoms with E-state index in [4.69, 9.17) is 4.74 Å². The summed E-state index contributed by atoms with van der Waals surface area (Å²) >= 11 is 0. The Morgan fingerprint density at radius 1 is 0.897 bits per heavy atom. The molecule has 0 aliphatic carbocycles. The summed E-state index contributed by atoms with van der Waals surface area (Å²) in [4.78, 5) is 42.0. The van der Waals surface area contributed by atoms with Crippen molar-refractivity contribution in [2.75, 3.05) is 11.9 Å². The van der Waals surface area contributed by atoms with Crippen molar-refractivity contribution in [1.29, 1.82) is 0 Å². The van der Waals surface area contributed by atoms with Crippen LogP contribution in [0.2, 0.25) is 0 Å². The predicted octanol–water partition coefficient (Wildman–Crippen LogP) is 7.00. The molecule has 2 N–H and O–H groups in total. The summed E-state index contributed by atoms with van der Waals surface area (Å²) in [6, 6.07) is 11.8. The van der Waals surface area contributed by atoms with Crippen LogP contribution in [0, 0.1) is 20.8 Å². The molecular formula is C32H47N3O4. The Balaban J connectivity index is 2.45. The van der Waals surface area contributed by atoms with Gasteiger partial charge in [-0.25, -0.2) is 4.79 Å². The molecule has 214 valence electrons. The zero-order valence-corrected chi connectivity index (χ0v) is 25.0. The van der Waals surface area contributed by atoms with Gasteiger partial charge in [0.25, 0.3) is 5.91 Å². The Hall–Kier alpha value is -3.35. The minimum atomic E-state index is -0.878. The second-order valence-corrected chi connectivity index (χ2v) is 11.4. The fourth-order valence-corrected chi connectivity index (χ4v) is 4.47. The molecule has 2 aromatic rings. The summed E-state index contributed by atoms with van der Waals surface area (Å²) in [6.45, 7) is 15.4. The molecular weight excluding hydrogens is 490 g/mol. The van der Waals surface area contributed by atoms with Gasteiger partial charge in [-0.15, -0.1) is 0 Å². The number of carbonyl (C=O) groups excluding carboxylic acids is 3. The van der Waals surface area contributed by atoms with Crippen LogP contribution in [0.25, 0.3) is 0 Å². The molecule has 7 nitrogen and oxygen atoms in total. The predicted molar refractivity (Wildman–Crippen MR) is 158 cm³/mol. The first kappa shape index (κ1) is 31.9. The molecule has 0 saturated carbocycles. The molecule has 3 amide bonds. The van der Waals surface area contributed by atoms with Gasteiger partial charge < -0.3 is 20.3 Å². The molecule has 0 spiro atoms. The molecule has 2 atom stereocenters. The number of benzene rings is 2. The first-order valence-corrected chi connectivity index (χ1v) is 14.1. The van der Waals surface area contributed by atoms with E-state index in [-0.39, 0.29) is 11.8 Å². The minimum Gasteiger partial charge on any atom is -0.444 e. The number of unbranched alkanes of at least 4 members (excludes halogenated alkanes) is 4. The Morgan fingerprint density at radius 2 is 1.49 bits per heavy atom. The van der Waals surface area contributed by atoms with Gasteiger partial charge in [0.05, 0.1) is 0 Å². The number of alkyl carbamates (subject to hydrolysis) is 1. The Morgan fingerprint density at radius 3 is 2.05 bits per heavy atom. The van der Waals surface area contributed by atoms with E-state index in [1.54, 1.807) is 32.6 Å². The van der Waals surface area contributed by atoms with E-state index in [9.17, 15) is 14.4 Å². The van der Waals surface area contributed by atoms with E-state index < -0.39 is 23.8 Å². The maximum atomic E-state index is 14.0. The lowest BCUT2D eigenvalue weighted by molar-refractivity contribution is -0.140. The van der Waals surface area contributed by atoms with Gasteiger partial charge >= 0.3 is 6.09 Å². The van der Waals surface area contributed by atoms with Gasteiger partial charge in [0, 0.05) is 12.2 Å². The third kappa shape index (κ3) is 10.0. The van der Waals surface area contributed by atoms with Gasteiger partial charge in [-0.1, -0.05) is 80.6 Å². The van der Waals surface area contributed by atoms with Crippen molar-refractivity contribution in [2.45, 2.75) is 105 Å². The lowest BCUT2D eigenvalue weighted by Gasteiger charge is -2.34. The molecule has 2 aromatic carbocycles. The van der Waals surface area contributed by atoms with Crippen LogP contribution >= 0.6 is 0 Å². The van der Waals surface area contributed by atoms with Gasteiger partial charge in [0.15, 0.2) is 0 Å². The molecule has 7 heteroatoms. The third-order valence-corrected chi connectivity index (χ3v) is 6.57. The molecule has 0 radical (unpaired) electrons.